The Morgan fingerprint density at radius 2 is 1.14 bits per heavy atom. The molecular formula is C34H42Si. The molecule has 1 aliphatic rings. The van der Waals surface area contributed by atoms with Crippen molar-refractivity contribution in [2.45, 2.75) is 75.2 Å². The van der Waals surface area contributed by atoms with E-state index in [1.165, 1.54) is 54.9 Å². The average molecular weight is 479 g/mol. The summed E-state index contributed by atoms with van der Waals surface area (Å²) >= 11 is 0. The molecule has 35 heavy (non-hydrogen) atoms. The van der Waals surface area contributed by atoms with Crippen LogP contribution in [0.5, 0.6) is 0 Å². The summed E-state index contributed by atoms with van der Waals surface area (Å²) in [5, 5.41) is 6.26. The van der Waals surface area contributed by atoms with E-state index in [4.69, 9.17) is 0 Å². The second kappa shape index (κ2) is 9.78. The highest BCUT2D eigenvalue weighted by Crippen LogP contribution is 2.41. The van der Waals surface area contributed by atoms with Gasteiger partial charge >= 0.3 is 0 Å². The summed E-state index contributed by atoms with van der Waals surface area (Å²) in [4.78, 5) is 0. The normalized spacial score (nSPS) is 17.8. The molecule has 0 aliphatic heterocycles. The Morgan fingerprint density at radius 3 is 1.60 bits per heavy atom. The van der Waals surface area contributed by atoms with E-state index < -0.39 is 8.07 Å². The maximum Gasteiger partial charge on any atom is 0.176 e. The Balaban J connectivity index is 2.25. The van der Waals surface area contributed by atoms with Gasteiger partial charge in [0.2, 0.25) is 0 Å². The van der Waals surface area contributed by atoms with Gasteiger partial charge in [-0.1, -0.05) is 97.8 Å². The van der Waals surface area contributed by atoms with Gasteiger partial charge in [0.05, 0.1) is 0 Å². The predicted octanol–water partition coefficient (Wildman–Crippen LogP) is 7.05. The van der Waals surface area contributed by atoms with Crippen molar-refractivity contribution in [1.29, 1.82) is 0 Å². The highest BCUT2D eigenvalue weighted by atomic mass is 28.3. The fraction of sp³-hybridized carbons (Fsp3) is 0.353. The number of hydrogen-bond donors (Lipinski definition) is 0. The molecule has 0 spiro atoms. The minimum Gasteiger partial charge on any atom is -0.0636 e. The van der Waals surface area contributed by atoms with Gasteiger partial charge in [0.25, 0.3) is 0 Å². The van der Waals surface area contributed by atoms with Crippen LogP contribution < -0.4 is 15.6 Å². The van der Waals surface area contributed by atoms with Crippen LogP contribution in [0.4, 0.5) is 0 Å². The fourth-order valence-electron chi connectivity index (χ4n) is 6.26. The summed E-state index contributed by atoms with van der Waals surface area (Å²) in [6.45, 7) is 21.0. The van der Waals surface area contributed by atoms with Crippen LogP contribution in [-0.2, 0) is 12.8 Å². The number of aryl methyl sites for hydroxylation is 4. The van der Waals surface area contributed by atoms with Gasteiger partial charge in [-0.3, -0.25) is 0 Å². The van der Waals surface area contributed by atoms with Crippen molar-refractivity contribution < 1.29 is 0 Å². The van der Waals surface area contributed by atoms with E-state index in [1.54, 1.807) is 10.4 Å². The smallest absolute Gasteiger partial charge is 0.0636 e. The third kappa shape index (κ3) is 4.08. The molecule has 0 saturated heterocycles. The molecule has 0 fully saturated rings. The third-order valence-electron chi connectivity index (χ3n) is 8.91. The van der Waals surface area contributed by atoms with E-state index in [0.717, 1.165) is 12.8 Å². The monoisotopic (exact) mass is 478 g/mol. The molecule has 0 radical (unpaired) electrons. The number of allylic oxidation sites excluding steroid dienone is 4. The number of hydrogen-bond acceptors (Lipinski definition) is 0. The molecule has 0 N–H and O–H groups in total. The number of benzene rings is 3. The molecule has 0 heterocycles. The third-order valence-corrected chi connectivity index (χ3v) is 14.0. The van der Waals surface area contributed by atoms with Gasteiger partial charge in [-0.05, 0) is 109 Å². The highest BCUT2D eigenvalue weighted by Gasteiger charge is 2.48. The molecule has 182 valence electrons. The maximum absolute atomic E-state index is 2.55. The second-order valence-corrected chi connectivity index (χ2v) is 14.4. The van der Waals surface area contributed by atoms with Gasteiger partial charge in [-0.15, -0.1) is 0 Å². The summed E-state index contributed by atoms with van der Waals surface area (Å²) in [7, 11) is -2.54. The zero-order valence-corrected chi connectivity index (χ0v) is 24.3. The molecule has 1 aliphatic carbocycles. The Labute approximate surface area is 214 Å². The second-order valence-electron chi connectivity index (χ2n) is 10.7. The molecule has 4 rings (SSSR count). The van der Waals surface area contributed by atoms with Gasteiger partial charge in [-0.25, -0.2) is 0 Å². The first-order chi connectivity index (χ1) is 16.7. The molecule has 0 aromatic heterocycles. The van der Waals surface area contributed by atoms with Crippen molar-refractivity contribution in [1.82, 2.24) is 0 Å². The molecular weight excluding hydrogens is 436 g/mol. The maximum atomic E-state index is 2.55. The molecule has 0 bridgehead atoms. The van der Waals surface area contributed by atoms with Gasteiger partial charge in [-0.2, -0.15) is 0 Å². The van der Waals surface area contributed by atoms with Crippen molar-refractivity contribution in [3.05, 3.63) is 110 Å². The lowest BCUT2D eigenvalue weighted by Gasteiger charge is -2.39. The van der Waals surface area contributed by atoms with Crippen LogP contribution in [0.25, 0.3) is 0 Å². The van der Waals surface area contributed by atoms with Crippen LogP contribution in [0.3, 0.4) is 0 Å². The van der Waals surface area contributed by atoms with Crippen LogP contribution in [0, 0.1) is 26.7 Å². The highest BCUT2D eigenvalue weighted by molar-refractivity contribution is 7.16. The Morgan fingerprint density at radius 1 is 0.629 bits per heavy atom. The lowest BCUT2D eigenvalue weighted by molar-refractivity contribution is 0.851. The van der Waals surface area contributed by atoms with Crippen molar-refractivity contribution in [3.63, 3.8) is 0 Å². The van der Waals surface area contributed by atoms with Crippen molar-refractivity contribution in [2.75, 3.05) is 0 Å². The molecule has 1 heteroatoms. The summed E-state index contributed by atoms with van der Waals surface area (Å²) in [6.07, 6.45) is 2.13. The van der Waals surface area contributed by atoms with Crippen LogP contribution in [-0.4, -0.2) is 8.07 Å². The minimum absolute atomic E-state index is 0.444. The zero-order valence-electron chi connectivity index (χ0n) is 23.3. The van der Waals surface area contributed by atoms with E-state index in [1.807, 2.05) is 0 Å². The number of rotatable bonds is 6. The van der Waals surface area contributed by atoms with Crippen molar-refractivity contribution in [2.24, 2.45) is 5.92 Å². The minimum atomic E-state index is -2.54. The largest absolute Gasteiger partial charge is 0.176 e. The first kappa shape index (κ1) is 25.4. The quantitative estimate of drug-likeness (QED) is 0.263. The van der Waals surface area contributed by atoms with E-state index in [9.17, 15) is 0 Å². The Bertz CT molecular complexity index is 1280. The van der Waals surface area contributed by atoms with Gasteiger partial charge < -0.3 is 0 Å². The fourth-order valence-corrected chi connectivity index (χ4v) is 12.2. The van der Waals surface area contributed by atoms with Crippen LogP contribution in [0.1, 0.15) is 69.4 Å². The summed E-state index contributed by atoms with van der Waals surface area (Å²) in [5.41, 5.74) is 11.7. The topological polar surface area (TPSA) is 0 Å². The summed E-state index contributed by atoms with van der Waals surface area (Å²) in [6, 6.07) is 24.1. The molecule has 0 nitrogen and oxygen atoms in total. The van der Waals surface area contributed by atoms with Gasteiger partial charge in [0, 0.05) is 0 Å². The average Bonchev–Trinajstić information content (AvgIpc) is 3.06. The SMILES string of the molecule is CCc1cc(CC)cc([Si](C2=C(C)C(C)=C(C)C2C)(c2ccccc2)c2cc(C)c(C)c(C)c2)c1. The van der Waals surface area contributed by atoms with Crippen molar-refractivity contribution >= 4 is 23.6 Å². The van der Waals surface area contributed by atoms with E-state index >= 15 is 0 Å². The lowest BCUT2D eigenvalue weighted by Crippen LogP contribution is -2.70. The van der Waals surface area contributed by atoms with Crippen LogP contribution >= 0.6 is 0 Å². The molecule has 3 aromatic carbocycles. The van der Waals surface area contributed by atoms with E-state index in [-0.39, 0.29) is 0 Å². The van der Waals surface area contributed by atoms with Crippen LogP contribution in [0.2, 0.25) is 0 Å². The van der Waals surface area contributed by atoms with E-state index in [0.29, 0.717) is 5.92 Å². The molecule has 0 saturated carbocycles. The Hall–Kier alpha value is -2.64. The predicted molar refractivity (Wildman–Crippen MR) is 157 cm³/mol. The van der Waals surface area contributed by atoms with E-state index in [2.05, 4.69) is 123 Å². The lowest BCUT2D eigenvalue weighted by atomic mass is 10.0. The molecule has 3 aromatic rings. The van der Waals surface area contributed by atoms with Gasteiger partial charge in [0.1, 0.15) is 0 Å². The van der Waals surface area contributed by atoms with Crippen molar-refractivity contribution in [3.8, 4) is 0 Å². The van der Waals surface area contributed by atoms with Gasteiger partial charge in [0.15, 0.2) is 8.07 Å². The first-order valence-corrected chi connectivity index (χ1v) is 15.3. The zero-order chi connectivity index (χ0) is 25.5. The summed E-state index contributed by atoms with van der Waals surface area (Å²) in [5.74, 6) is 0.444. The molecule has 0 amide bonds. The standard InChI is InChI=1S/C34H42Si/c1-10-29-19-30(11-2)21-33(20-29)35(31-15-13-12-14-16-31,32-17-22(3)24(5)23(4)18-32)34-27(8)25(6)26(7)28(34)9/h12-21,27H,10-11H2,1-9H3. The molecule has 2 unspecified atom stereocenters. The van der Waals surface area contributed by atoms with Crippen LogP contribution in [0.15, 0.2) is 82.6 Å². The Kier molecular flexibility index (Phi) is 7.11. The summed E-state index contributed by atoms with van der Waals surface area (Å²) < 4.78 is 0. The molecule has 2 atom stereocenters. The first-order valence-electron chi connectivity index (χ1n) is 13.3.